The summed E-state index contributed by atoms with van der Waals surface area (Å²) >= 11 is 0. The van der Waals surface area contributed by atoms with E-state index >= 15 is 0 Å². The van der Waals surface area contributed by atoms with E-state index in [1.54, 1.807) is 7.11 Å². The van der Waals surface area contributed by atoms with Gasteiger partial charge in [-0.1, -0.05) is 57.2 Å². The number of benzene rings is 2. The number of aliphatic hydroxyl groups excluding tert-OH is 1. The monoisotopic (exact) mass is 453 g/mol. The maximum absolute atomic E-state index is 10.9. The predicted octanol–water partition coefficient (Wildman–Crippen LogP) is 5.52. The van der Waals surface area contributed by atoms with E-state index in [1.165, 1.54) is 6.08 Å². The van der Waals surface area contributed by atoms with Crippen LogP contribution in [0.3, 0.4) is 0 Å². The van der Waals surface area contributed by atoms with Gasteiger partial charge >= 0.3 is 0 Å². The number of aliphatic hydroxyl groups is 1. The van der Waals surface area contributed by atoms with E-state index in [2.05, 4.69) is 40.4 Å². The Bertz CT molecular complexity index is 935. The average molecular weight is 454 g/mol. The van der Waals surface area contributed by atoms with Crippen molar-refractivity contribution in [1.82, 2.24) is 0 Å². The molecular formula is C26H35NO4Si. The first kappa shape index (κ1) is 24.2. The molecule has 1 aliphatic heterocycles. The second-order valence-corrected chi connectivity index (χ2v) is 14.4. The van der Waals surface area contributed by atoms with Gasteiger partial charge in [-0.2, -0.15) is 0 Å². The van der Waals surface area contributed by atoms with Gasteiger partial charge in [-0.3, -0.25) is 0 Å². The molecule has 0 saturated carbocycles. The lowest BCUT2D eigenvalue weighted by molar-refractivity contribution is -0.0475. The summed E-state index contributed by atoms with van der Waals surface area (Å²) in [6.07, 6.45) is -0.503. The van der Waals surface area contributed by atoms with Crippen molar-refractivity contribution in [2.24, 2.45) is 4.99 Å². The van der Waals surface area contributed by atoms with Crippen molar-refractivity contribution < 1.29 is 19.0 Å². The van der Waals surface area contributed by atoms with Gasteiger partial charge < -0.3 is 19.0 Å². The van der Waals surface area contributed by atoms with Gasteiger partial charge in [0.05, 0.1) is 7.11 Å². The third-order valence-electron chi connectivity index (χ3n) is 6.43. The molecule has 4 atom stereocenters. The van der Waals surface area contributed by atoms with Gasteiger partial charge in [0, 0.05) is 5.56 Å². The molecule has 1 heterocycles. The SMILES string of the molecule is C=C[C@H](O)[C@H]1OC(c2ccccc2)=N[C@H](c2ccc(OC)cc2)[C@H]1O[Si](C)(C)C(C)(C)C. The number of rotatable bonds is 7. The number of hydrogen-bond acceptors (Lipinski definition) is 5. The molecule has 0 fully saturated rings. The highest BCUT2D eigenvalue weighted by molar-refractivity contribution is 6.74. The molecule has 2 aromatic rings. The van der Waals surface area contributed by atoms with Crippen LogP contribution in [0.25, 0.3) is 0 Å². The van der Waals surface area contributed by atoms with Gasteiger partial charge in [0.25, 0.3) is 0 Å². The maximum atomic E-state index is 10.9. The molecule has 0 amide bonds. The van der Waals surface area contributed by atoms with E-state index in [1.807, 2.05) is 54.6 Å². The molecule has 2 aromatic carbocycles. The van der Waals surface area contributed by atoms with Crippen LogP contribution in [0.4, 0.5) is 0 Å². The summed E-state index contributed by atoms with van der Waals surface area (Å²) in [4.78, 5) is 5.00. The maximum Gasteiger partial charge on any atom is 0.217 e. The van der Waals surface area contributed by atoms with Crippen molar-refractivity contribution >= 4 is 14.2 Å². The quantitative estimate of drug-likeness (QED) is 0.443. The molecule has 0 aliphatic carbocycles. The van der Waals surface area contributed by atoms with Crippen molar-refractivity contribution in [2.75, 3.05) is 7.11 Å². The fourth-order valence-electron chi connectivity index (χ4n) is 3.44. The van der Waals surface area contributed by atoms with Crippen molar-refractivity contribution in [2.45, 2.75) is 63.3 Å². The number of ether oxygens (including phenoxy) is 2. The Morgan fingerprint density at radius 3 is 2.25 bits per heavy atom. The topological polar surface area (TPSA) is 60.3 Å². The highest BCUT2D eigenvalue weighted by atomic mass is 28.4. The van der Waals surface area contributed by atoms with Crippen LogP contribution in [0.15, 0.2) is 72.2 Å². The van der Waals surface area contributed by atoms with E-state index in [0.29, 0.717) is 5.90 Å². The number of methoxy groups -OCH3 is 1. The summed E-state index contributed by atoms with van der Waals surface area (Å²) in [6, 6.07) is 17.2. The molecule has 172 valence electrons. The zero-order chi connectivity index (χ0) is 23.5. The first-order valence-corrected chi connectivity index (χ1v) is 13.9. The Balaban J connectivity index is 2.13. The summed E-state index contributed by atoms with van der Waals surface area (Å²) in [5, 5.41) is 10.9. The predicted molar refractivity (Wildman–Crippen MR) is 132 cm³/mol. The number of aliphatic imine (C=N–C) groups is 1. The highest BCUT2D eigenvalue weighted by Gasteiger charge is 2.47. The van der Waals surface area contributed by atoms with E-state index in [4.69, 9.17) is 18.9 Å². The molecule has 32 heavy (non-hydrogen) atoms. The van der Waals surface area contributed by atoms with Gasteiger partial charge in [-0.05, 0) is 48.0 Å². The fraction of sp³-hybridized carbons (Fsp3) is 0.423. The summed E-state index contributed by atoms with van der Waals surface area (Å²) in [5.41, 5.74) is 1.84. The lowest BCUT2D eigenvalue weighted by atomic mass is 9.93. The largest absolute Gasteiger partial charge is 0.497 e. The van der Waals surface area contributed by atoms with Crippen LogP contribution in [-0.2, 0) is 9.16 Å². The van der Waals surface area contributed by atoms with Crippen molar-refractivity contribution in [3.63, 3.8) is 0 Å². The zero-order valence-corrected chi connectivity index (χ0v) is 20.9. The van der Waals surface area contributed by atoms with Crippen LogP contribution in [0.5, 0.6) is 5.75 Å². The molecule has 0 saturated heterocycles. The van der Waals surface area contributed by atoms with Crippen LogP contribution in [0.1, 0.15) is 37.9 Å². The molecule has 0 bridgehead atoms. The number of hydrogen-bond donors (Lipinski definition) is 1. The highest BCUT2D eigenvalue weighted by Crippen LogP contribution is 2.42. The second-order valence-electron chi connectivity index (χ2n) is 9.67. The van der Waals surface area contributed by atoms with Crippen LogP contribution in [-0.4, -0.2) is 44.7 Å². The first-order valence-electron chi connectivity index (χ1n) is 11.0. The van der Waals surface area contributed by atoms with Gasteiger partial charge in [0.2, 0.25) is 5.90 Å². The first-order chi connectivity index (χ1) is 15.1. The van der Waals surface area contributed by atoms with Gasteiger partial charge in [0.1, 0.15) is 24.0 Å². The standard InChI is InChI=1S/C26H35NO4Si/c1-8-21(28)23-24(31-32(6,7)26(2,3)4)22(18-14-16-20(29-5)17-15-18)27-25(30-23)19-12-10-9-11-13-19/h8-17,21-24,28H,1H2,2-7H3/t21-,22+,23+,24+/m0/s1. The normalized spacial score (nSPS) is 22.5. The van der Waals surface area contributed by atoms with Gasteiger partial charge in [-0.25, -0.2) is 4.99 Å². The lowest BCUT2D eigenvalue weighted by Gasteiger charge is -2.45. The summed E-state index contributed by atoms with van der Waals surface area (Å²) in [7, 11) is -0.558. The molecule has 6 heteroatoms. The molecular weight excluding hydrogens is 418 g/mol. The Morgan fingerprint density at radius 2 is 1.72 bits per heavy atom. The Kier molecular flexibility index (Phi) is 7.28. The lowest BCUT2D eigenvalue weighted by Crippen LogP contribution is -2.54. The minimum Gasteiger partial charge on any atom is -0.497 e. The van der Waals surface area contributed by atoms with Crippen molar-refractivity contribution in [1.29, 1.82) is 0 Å². The molecule has 3 rings (SSSR count). The zero-order valence-electron chi connectivity index (χ0n) is 19.9. The third kappa shape index (κ3) is 5.14. The van der Waals surface area contributed by atoms with Crippen LogP contribution < -0.4 is 4.74 Å². The van der Waals surface area contributed by atoms with E-state index in [-0.39, 0.29) is 11.1 Å². The molecule has 5 nitrogen and oxygen atoms in total. The minimum atomic E-state index is -2.21. The summed E-state index contributed by atoms with van der Waals surface area (Å²) in [6.45, 7) is 14.8. The molecule has 1 N–H and O–H groups in total. The van der Waals surface area contributed by atoms with Crippen molar-refractivity contribution in [3.8, 4) is 5.75 Å². The van der Waals surface area contributed by atoms with Gasteiger partial charge in [-0.15, -0.1) is 6.58 Å². The van der Waals surface area contributed by atoms with Crippen molar-refractivity contribution in [3.05, 3.63) is 78.4 Å². The molecule has 0 radical (unpaired) electrons. The number of nitrogens with zero attached hydrogens (tertiary/aromatic N) is 1. The van der Waals surface area contributed by atoms with Crippen LogP contribution >= 0.6 is 0 Å². The Morgan fingerprint density at radius 1 is 1.09 bits per heavy atom. The van der Waals surface area contributed by atoms with E-state index in [9.17, 15) is 5.11 Å². The average Bonchev–Trinajstić information content (AvgIpc) is 2.78. The molecule has 0 aromatic heterocycles. The smallest absolute Gasteiger partial charge is 0.217 e. The summed E-state index contributed by atoms with van der Waals surface area (Å²) in [5.74, 6) is 1.27. The Labute approximate surface area is 192 Å². The van der Waals surface area contributed by atoms with Crippen LogP contribution in [0, 0.1) is 0 Å². The molecule has 0 unspecified atom stereocenters. The molecule has 0 spiro atoms. The van der Waals surface area contributed by atoms with E-state index < -0.39 is 26.6 Å². The third-order valence-corrected chi connectivity index (χ3v) is 10.9. The minimum absolute atomic E-state index is 0.00936. The fourth-order valence-corrected chi connectivity index (χ4v) is 4.74. The molecule has 1 aliphatic rings. The van der Waals surface area contributed by atoms with Crippen LogP contribution in [0.2, 0.25) is 18.1 Å². The summed E-state index contributed by atoms with van der Waals surface area (Å²) < 4.78 is 18.5. The Hall–Kier alpha value is -2.41. The van der Waals surface area contributed by atoms with E-state index in [0.717, 1.165) is 16.9 Å². The van der Waals surface area contributed by atoms with Gasteiger partial charge in [0.15, 0.2) is 14.4 Å². The second kappa shape index (κ2) is 9.61.